The zero-order valence-corrected chi connectivity index (χ0v) is 13.4. The Balaban J connectivity index is 1.73. The van der Waals surface area contributed by atoms with Crippen LogP contribution < -0.4 is 10.0 Å². The molecule has 2 saturated carbocycles. The van der Waals surface area contributed by atoms with E-state index in [0.29, 0.717) is 16.9 Å². The van der Waals surface area contributed by atoms with Crippen molar-refractivity contribution < 1.29 is 8.42 Å². The van der Waals surface area contributed by atoms with Crippen molar-refractivity contribution in [1.29, 1.82) is 0 Å². The van der Waals surface area contributed by atoms with Gasteiger partial charge in [0.25, 0.3) is 0 Å². The Bertz CT molecular complexity index is 604. The monoisotopic (exact) mass is 308 g/mol. The highest BCUT2D eigenvalue weighted by Crippen LogP contribution is 2.61. The van der Waals surface area contributed by atoms with Gasteiger partial charge >= 0.3 is 0 Å². The summed E-state index contributed by atoms with van der Waals surface area (Å²) in [6.45, 7) is 3.33. The summed E-state index contributed by atoms with van der Waals surface area (Å²) in [5.41, 5.74) is 1.18. The third kappa shape index (κ3) is 3.24. The molecular weight excluding hydrogens is 284 g/mol. The molecule has 1 aromatic carbocycles. The Morgan fingerprint density at radius 1 is 1.24 bits per heavy atom. The van der Waals surface area contributed by atoms with Gasteiger partial charge in [0.1, 0.15) is 4.90 Å². The Morgan fingerprint density at radius 2 is 1.95 bits per heavy atom. The summed E-state index contributed by atoms with van der Waals surface area (Å²) in [6.07, 6.45) is 6.06. The summed E-state index contributed by atoms with van der Waals surface area (Å²) in [4.78, 5) is 0.366. The molecule has 0 aliphatic heterocycles. The molecule has 2 aliphatic carbocycles. The molecule has 21 heavy (non-hydrogen) atoms. The topological polar surface area (TPSA) is 58.2 Å². The van der Waals surface area contributed by atoms with Crippen LogP contribution in [0.15, 0.2) is 29.2 Å². The molecule has 0 atom stereocenters. The van der Waals surface area contributed by atoms with Crippen molar-refractivity contribution in [1.82, 2.24) is 4.72 Å². The van der Waals surface area contributed by atoms with Crippen molar-refractivity contribution in [3.8, 4) is 0 Å². The minimum Gasteiger partial charge on any atom is -0.383 e. The molecule has 3 rings (SSSR count). The summed E-state index contributed by atoms with van der Waals surface area (Å²) < 4.78 is 27.3. The van der Waals surface area contributed by atoms with Gasteiger partial charge < -0.3 is 5.32 Å². The molecule has 0 spiro atoms. The number of para-hydroxylation sites is 1. The van der Waals surface area contributed by atoms with Crippen LogP contribution in [-0.4, -0.2) is 21.5 Å². The minimum atomic E-state index is -3.42. The van der Waals surface area contributed by atoms with Crippen LogP contribution in [0, 0.1) is 11.3 Å². The third-order valence-electron chi connectivity index (χ3n) is 4.69. The molecular formula is C16H24N2O2S. The van der Waals surface area contributed by atoms with Crippen molar-refractivity contribution >= 4 is 15.7 Å². The van der Waals surface area contributed by atoms with E-state index in [0.717, 1.165) is 24.6 Å². The first-order valence-corrected chi connectivity index (χ1v) is 9.38. The summed E-state index contributed by atoms with van der Waals surface area (Å²) >= 11 is 0. The highest BCUT2D eigenvalue weighted by atomic mass is 32.2. The minimum absolute atomic E-state index is 0.366. The number of hydrogen-bond acceptors (Lipinski definition) is 3. The molecule has 1 aromatic rings. The lowest BCUT2D eigenvalue weighted by atomic mass is 10.0. The normalized spacial score (nSPS) is 20.2. The van der Waals surface area contributed by atoms with E-state index in [1.54, 1.807) is 12.1 Å². The lowest BCUT2D eigenvalue weighted by molar-refractivity contribution is 0.466. The molecule has 2 N–H and O–H groups in total. The fourth-order valence-electron chi connectivity index (χ4n) is 3.02. The Labute approximate surface area is 127 Å². The highest BCUT2D eigenvalue weighted by molar-refractivity contribution is 7.89. The number of rotatable bonds is 8. The van der Waals surface area contributed by atoms with E-state index < -0.39 is 10.0 Å². The van der Waals surface area contributed by atoms with Crippen molar-refractivity contribution in [2.24, 2.45) is 11.3 Å². The van der Waals surface area contributed by atoms with Gasteiger partial charge in [0.15, 0.2) is 0 Å². The van der Waals surface area contributed by atoms with Gasteiger partial charge in [-0.1, -0.05) is 19.1 Å². The van der Waals surface area contributed by atoms with E-state index in [9.17, 15) is 8.42 Å². The van der Waals surface area contributed by atoms with Gasteiger partial charge in [0.2, 0.25) is 10.0 Å². The number of nitrogens with one attached hydrogen (secondary N) is 2. The second kappa shape index (κ2) is 5.61. The van der Waals surface area contributed by atoms with Crippen LogP contribution in [-0.2, 0) is 10.0 Å². The van der Waals surface area contributed by atoms with Gasteiger partial charge in [-0.3, -0.25) is 0 Å². The van der Waals surface area contributed by atoms with E-state index in [1.165, 1.54) is 25.7 Å². The van der Waals surface area contributed by atoms with Gasteiger partial charge in [-0.2, -0.15) is 0 Å². The van der Waals surface area contributed by atoms with Crippen molar-refractivity contribution in [2.75, 3.05) is 18.4 Å². The molecule has 0 heterocycles. The molecule has 116 valence electrons. The van der Waals surface area contributed by atoms with Crippen molar-refractivity contribution in [3.05, 3.63) is 24.3 Å². The molecule has 4 nitrogen and oxygen atoms in total. The first-order valence-electron chi connectivity index (χ1n) is 7.90. The van der Waals surface area contributed by atoms with E-state index >= 15 is 0 Å². The third-order valence-corrected chi connectivity index (χ3v) is 6.20. The van der Waals surface area contributed by atoms with E-state index in [2.05, 4.69) is 10.0 Å². The summed E-state index contributed by atoms with van der Waals surface area (Å²) in [7, 11) is -3.42. The largest absolute Gasteiger partial charge is 0.383 e. The molecule has 0 unspecified atom stereocenters. The van der Waals surface area contributed by atoms with Crippen LogP contribution in [0.25, 0.3) is 0 Å². The maximum Gasteiger partial charge on any atom is 0.242 e. The van der Waals surface area contributed by atoms with Crippen LogP contribution >= 0.6 is 0 Å². The van der Waals surface area contributed by atoms with Crippen LogP contribution in [0.5, 0.6) is 0 Å². The zero-order valence-electron chi connectivity index (χ0n) is 12.6. The first kappa shape index (κ1) is 14.9. The Morgan fingerprint density at radius 3 is 2.57 bits per heavy atom. The lowest BCUT2D eigenvalue weighted by Crippen LogP contribution is -2.26. The van der Waals surface area contributed by atoms with Crippen molar-refractivity contribution in [3.63, 3.8) is 0 Å². The molecule has 0 bridgehead atoms. The predicted octanol–water partition coefficient (Wildman–Crippen LogP) is 2.98. The SMILES string of the molecule is CCCNS(=O)(=O)c1ccccc1NCC1(C2CC2)CC1. The van der Waals surface area contributed by atoms with Crippen LogP contribution in [0.3, 0.4) is 0 Å². The first-order chi connectivity index (χ1) is 10.1. The quantitative estimate of drug-likeness (QED) is 0.776. The van der Waals surface area contributed by atoms with Crippen LogP contribution in [0.2, 0.25) is 0 Å². The number of sulfonamides is 1. The Kier molecular flexibility index (Phi) is 3.97. The van der Waals surface area contributed by atoms with Gasteiger partial charge in [0.05, 0.1) is 5.69 Å². The molecule has 2 aliphatic rings. The Hall–Kier alpha value is -1.07. The lowest BCUT2D eigenvalue weighted by Gasteiger charge is -2.18. The summed E-state index contributed by atoms with van der Waals surface area (Å²) in [5, 5.41) is 3.40. The number of anilines is 1. The van der Waals surface area contributed by atoms with Gasteiger partial charge in [0, 0.05) is 13.1 Å². The standard InChI is InChI=1S/C16H24N2O2S/c1-2-11-18-21(19,20)15-6-4-3-5-14(15)17-12-16(9-10-16)13-7-8-13/h3-6,13,17-18H,2,7-12H2,1H3. The highest BCUT2D eigenvalue weighted by Gasteiger charge is 2.53. The average Bonchev–Trinajstić information content (AvgIpc) is 3.36. The van der Waals surface area contributed by atoms with Gasteiger partial charge in [-0.15, -0.1) is 0 Å². The average molecular weight is 308 g/mol. The zero-order chi connectivity index (χ0) is 14.9. The fourth-order valence-corrected chi connectivity index (χ4v) is 4.33. The molecule has 0 saturated heterocycles. The second-order valence-corrected chi connectivity index (χ2v) is 8.12. The molecule has 0 radical (unpaired) electrons. The molecule has 5 heteroatoms. The molecule has 0 amide bonds. The van der Waals surface area contributed by atoms with Crippen LogP contribution in [0.1, 0.15) is 39.0 Å². The van der Waals surface area contributed by atoms with Crippen LogP contribution in [0.4, 0.5) is 5.69 Å². The van der Waals surface area contributed by atoms with E-state index in [1.807, 2.05) is 19.1 Å². The fraction of sp³-hybridized carbons (Fsp3) is 0.625. The van der Waals surface area contributed by atoms with E-state index in [4.69, 9.17) is 0 Å². The molecule has 0 aromatic heterocycles. The van der Waals surface area contributed by atoms with Gasteiger partial charge in [-0.05, 0) is 55.6 Å². The van der Waals surface area contributed by atoms with E-state index in [-0.39, 0.29) is 0 Å². The maximum absolute atomic E-state index is 12.3. The number of hydrogen-bond donors (Lipinski definition) is 2. The summed E-state index contributed by atoms with van der Waals surface area (Å²) in [6, 6.07) is 7.21. The smallest absolute Gasteiger partial charge is 0.242 e. The second-order valence-electron chi connectivity index (χ2n) is 6.38. The molecule has 2 fully saturated rings. The summed E-state index contributed by atoms with van der Waals surface area (Å²) in [5.74, 6) is 0.868. The maximum atomic E-state index is 12.3. The van der Waals surface area contributed by atoms with Crippen molar-refractivity contribution in [2.45, 2.75) is 43.9 Å². The predicted molar refractivity (Wildman–Crippen MR) is 84.8 cm³/mol. The van der Waals surface area contributed by atoms with Gasteiger partial charge in [-0.25, -0.2) is 13.1 Å². The number of benzene rings is 1.